The van der Waals surface area contributed by atoms with Gasteiger partial charge in [-0.25, -0.2) is 8.78 Å². The molecular formula is C10H17ClF2N2O. The molecule has 0 radical (unpaired) electrons. The van der Waals surface area contributed by atoms with Crippen LogP contribution in [0.2, 0.25) is 0 Å². The number of nitrogens with zero attached hydrogens (tertiary/aromatic N) is 1. The molecule has 0 aromatic heterocycles. The van der Waals surface area contributed by atoms with Crippen molar-refractivity contribution in [3.63, 3.8) is 0 Å². The van der Waals surface area contributed by atoms with Crippen LogP contribution in [0, 0.1) is 5.92 Å². The van der Waals surface area contributed by atoms with Crippen molar-refractivity contribution in [2.75, 3.05) is 26.2 Å². The lowest BCUT2D eigenvalue weighted by atomic mass is 10.0. The zero-order valence-corrected chi connectivity index (χ0v) is 9.86. The Bertz CT molecular complexity index is 247. The number of nitrogens with one attached hydrogen (secondary N) is 1. The van der Waals surface area contributed by atoms with Gasteiger partial charge in [-0.2, -0.15) is 0 Å². The summed E-state index contributed by atoms with van der Waals surface area (Å²) in [6.45, 7) is 1.98. The molecule has 16 heavy (non-hydrogen) atoms. The summed E-state index contributed by atoms with van der Waals surface area (Å²) in [5, 5.41) is 3.11. The van der Waals surface area contributed by atoms with Crippen LogP contribution in [-0.4, -0.2) is 42.9 Å². The number of rotatable bonds is 1. The standard InChI is InChI=1S/C10H16F2N2O.ClH/c11-10(12)2-5-14(6-3-10)9(15)8-1-4-13-7-8;/h8,13H,1-7H2;1H/t8-;/m1./s1. The molecule has 6 heteroatoms. The van der Waals surface area contributed by atoms with E-state index in [-0.39, 0.29) is 50.2 Å². The van der Waals surface area contributed by atoms with Crippen LogP contribution in [0.1, 0.15) is 19.3 Å². The van der Waals surface area contributed by atoms with Crippen LogP contribution in [0.4, 0.5) is 8.78 Å². The Labute approximate surface area is 100.0 Å². The number of hydrogen-bond donors (Lipinski definition) is 1. The van der Waals surface area contributed by atoms with E-state index in [1.165, 1.54) is 0 Å². The summed E-state index contributed by atoms with van der Waals surface area (Å²) in [6, 6.07) is 0. The smallest absolute Gasteiger partial charge is 0.251 e. The molecule has 2 rings (SSSR count). The minimum Gasteiger partial charge on any atom is -0.342 e. The van der Waals surface area contributed by atoms with E-state index in [4.69, 9.17) is 0 Å². The van der Waals surface area contributed by atoms with Crippen LogP contribution in [-0.2, 0) is 4.79 Å². The van der Waals surface area contributed by atoms with E-state index < -0.39 is 5.92 Å². The molecule has 0 aromatic carbocycles. The maximum atomic E-state index is 12.9. The fraction of sp³-hybridized carbons (Fsp3) is 0.900. The summed E-state index contributed by atoms with van der Waals surface area (Å²) in [4.78, 5) is 13.4. The van der Waals surface area contributed by atoms with E-state index >= 15 is 0 Å². The third-order valence-corrected chi connectivity index (χ3v) is 3.22. The Morgan fingerprint density at radius 2 is 1.94 bits per heavy atom. The van der Waals surface area contributed by atoms with Crippen molar-refractivity contribution in [3.8, 4) is 0 Å². The van der Waals surface area contributed by atoms with Crippen molar-refractivity contribution in [1.82, 2.24) is 10.2 Å². The molecule has 0 aliphatic carbocycles. The second kappa shape index (κ2) is 5.27. The monoisotopic (exact) mass is 254 g/mol. The van der Waals surface area contributed by atoms with E-state index in [1.807, 2.05) is 0 Å². The molecule has 1 N–H and O–H groups in total. The van der Waals surface area contributed by atoms with Crippen molar-refractivity contribution < 1.29 is 13.6 Å². The summed E-state index contributed by atoms with van der Waals surface area (Å²) < 4.78 is 25.7. The quantitative estimate of drug-likeness (QED) is 0.765. The van der Waals surface area contributed by atoms with Gasteiger partial charge in [-0.15, -0.1) is 12.4 Å². The molecule has 0 saturated carbocycles. The second-order valence-electron chi connectivity index (χ2n) is 4.37. The molecule has 3 nitrogen and oxygen atoms in total. The molecule has 0 bridgehead atoms. The fourth-order valence-electron chi connectivity index (χ4n) is 2.18. The Morgan fingerprint density at radius 3 is 2.44 bits per heavy atom. The van der Waals surface area contributed by atoms with Gasteiger partial charge in [0.25, 0.3) is 5.92 Å². The van der Waals surface area contributed by atoms with E-state index in [0.717, 1.165) is 13.0 Å². The first-order chi connectivity index (χ1) is 7.08. The highest BCUT2D eigenvalue weighted by Crippen LogP contribution is 2.28. The predicted molar refractivity (Wildman–Crippen MR) is 59.0 cm³/mol. The first kappa shape index (κ1) is 13.6. The number of alkyl halides is 2. The summed E-state index contributed by atoms with van der Waals surface area (Å²) >= 11 is 0. The van der Waals surface area contributed by atoms with E-state index in [1.54, 1.807) is 4.90 Å². The molecular weight excluding hydrogens is 238 g/mol. The molecule has 2 fully saturated rings. The number of amides is 1. The van der Waals surface area contributed by atoms with E-state index in [2.05, 4.69) is 5.32 Å². The molecule has 2 saturated heterocycles. The van der Waals surface area contributed by atoms with Crippen LogP contribution in [0.25, 0.3) is 0 Å². The molecule has 1 atom stereocenters. The first-order valence-electron chi connectivity index (χ1n) is 5.46. The Kier molecular flexibility index (Phi) is 4.50. The summed E-state index contributed by atoms with van der Waals surface area (Å²) in [6.07, 6.45) is 0.476. The molecule has 0 aromatic rings. The molecule has 0 unspecified atom stereocenters. The van der Waals surface area contributed by atoms with Gasteiger partial charge in [0.1, 0.15) is 0 Å². The lowest BCUT2D eigenvalue weighted by molar-refractivity contribution is -0.140. The predicted octanol–water partition coefficient (Wildman–Crippen LogP) is 1.28. The summed E-state index contributed by atoms with van der Waals surface area (Å²) in [5.74, 6) is -2.50. The zero-order valence-electron chi connectivity index (χ0n) is 9.05. The van der Waals surface area contributed by atoms with Gasteiger partial charge < -0.3 is 10.2 Å². The third-order valence-electron chi connectivity index (χ3n) is 3.22. The van der Waals surface area contributed by atoms with Crippen molar-refractivity contribution in [3.05, 3.63) is 0 Å². The number of likely N-dealkylation sites (tertiary alicyclic amines) is 1. The molecule has 2 aliphatic rings. The number of carbonyl (C=O) groups is 1. The van der Waals surface area contributed by atoms with Crippen LogP contribution in [0.3, 0.4) is 0 Å². The highest BCUT2D eigenvalue weighted by molar-refractivity contribution is 5.85. The lowest BCUT2D eigenvalue weighted by Crippen LogP contribution is -2.45. The Hall–Kier alpha value is -0.420. The number of piperidine rings is 1. The molecule has 0 spiro atoms. The number of hydrogen-bond acceptors (Lipinski definition) is 2. The van der Waals surface area contributed by atoms with Gasteiger partial charge in [0.05, 0.1) is 5.92 Å². The van der Waals surface area contributed by atoms with Gasteiger partial charge in [-0.05, 0) is 13.0 Å². The Morgan fingerprint density at radius 1 is 1.31 bits per heavy atom. The van der Waals surface area contributed by atoms with Crippen molar-refractivity contribution in [2.24, 2.45) is 5.92 Å². The second-order valence-corrected chi connectivity index (χ2v) is 4.37. The molecule has 2 aliphatic heterocycles. The van der Waals surface area contributed by atoms with E-state index in [0.29, 0.717) is 6.54 Å². The lowest BCUT2D eigenvalue weighted by Gasteiger charge is -2.33. The fourth-order valence-corrected chi connectivity index (χ4v) is 2.18. The Balaban J connectivity index is 0.00000128. The zero-order chi connectivity index (χ0) is 10.9. The maximum Gasteiger partial charge on any atom is 0.251 e. The third kappa shape index (κ3) is 3.04. The van der Waals surface area contributed by atoms with Gasteiger partial charge in [-0.3, -0.25) is 4.79 Å². The molecule has 94 valence electrons. The van der Waals surface area contributed by atoms with Gasteiger partial charge in [0.2, 0.25) is 5.91 Å². The van der Waals surface area contributed by atoms with Gasteiger partial charge in [0, 0.05) is 32.5 Å². The topological polar surface area (TPSA) is 32.3 Å². The average molecular weight is 255 g/mol. The molecule has 1 amide bonds. The van der Waals surface area contributed by atoms with Gasteiger partial charge in [-0.1, -0.05) is 0 Å². The van der Waals surface area contributed by atoms with E-state index in [9.17, 15) is 13.6 Å². The summed E-state index contributed by atoms with van der Waals surface area (Å²) in [5.41, 5.74) is 0. The molecule has 2 heterocycles. The van der Waals surface area contributed by atoms with Gasteiger partial charge >= 0.3 is 0 Å². The van der Waals surface area contributed by atoms with Crippen molar-refractivity contribution in [2.45, 2.75) is 25.2 Å². The average Bonchev–Trinajstić information content (AvgIpc) is 2.69. The van der Waals surface area contributed by atoms with Crippen LogP contribution >= 0.6 is 12.4 Å². The van der Waals surface area contributed by atoms with Crippen LogP contribution in [0.5, 0.6) is 0 Å². The highest BCUT2D eigenvalue weighted by Gasteiger charge is 2.37. The highest BCUT2D eigenvalue weighted by atomic mass is 35.5. The van der Waals surface area contributed by atoms with Crippen molar-refractivity contribution >= 4 is 18.3 Å². The maximum absolute atomic E-state index is 12.9. The minimum absolute atomic E-state index is 0. The summed E-state index contributed by atoms with van der Waals surface area (Å²) in [7, 11) is 0. The first-order valence-corrected chi connectivity index (χ1v) is 5.46. The van der Waals surface area contributed by atoms with Gasteiger partial charge in [0.15, 0.2) is 0 Å². The SMILES string of the molecule is Cl.O=C([C@@H]1CCNC1)N1CCC(F)(F)CC1. The minimum atomic E-state index is -2.56. The normalized spacial score (nSPS) is 28.6. The van der Waals surface area contributed by atoms with Crippen LogP contribution in [0.15, 0.2) is 0 Å². The van der Waals surface area contributed by atoms with Crippen LogP contribution < -0.4 is 5.32 Å². The number of carbonyl (C=O) groups excluding carboxylic acids is 1. The van der Waals surface area contributed by atoms with Crippen molar-refractivity contribution in [1.29, 1.82) is 0 Å². The number of halogens is 3. The largest absolute Gasteiger partial charge is 0.342 e.